The number of nitrogens with zero attached hydrogens (tertiary/aromatic N) is 2. The summed E-state index contributed by atoms with van der Waals surface area (Å²) in [5, 5.41) is 20.2. The first-order valence-corrected chi connectivity index (χ1v) is 9.09. The summed E-state index contributed by atoms with van der Waals surface area (Å²) in [4.78, 5) is 4.79. The van der Waals surface area contributed by atoms with E-state index in [0.29, 0.717) is 0 Å². The minimum absolute atomic E-state index is 0.138. The second-order valence-corrected chi connectivity index (χ2v) is 7.08. The van der Waals surface area contributed by atoms with Gasteiger partial charge in [0.25, 0.3) is 0 Å². The lowest BCUT2D eigenvalue weighted by atomic mass is 9.96. The van der Waals surface area contributed by atoms with Gasteiger partial charge in [0.15, 0.2) is 0 Å². The topological polar surface area (TPSA) is 46.9 Å². The SMILES string of the molecule is OC1CCN([C@@H]2CCN(CCCc3ccccc3)C[C@H]2O)CC1. The maximum Gasteiger partial charge on any atom is 0.0822 e. The molecule has 4 heteroatoms. The summed E-state index contributed by atoms with van der Waals surface area (Å²) < 4.78 is 0. The summed E-state index contributed by atoms with van der Waals surface area (Å²) in [5.74, 6) is 0. The highest BCUT2D eigenvalue weighted by Crippen LogP contribution is 2.21. The Morgan fingerprint density at radius 2 is 1.70 bits per heavy atom. The van der Waals surface area contributed by atoms with E-state index in [1.807, 2.05) is 0 Å². The Kier molecular flexibility index (Phi) is 6.06. The number of aliphatic hydroxyl groups excluding tert-OH is 2. The van der Waals surface area contributed by atoms with Crippen molar-refractivity contribution in [3.63, 3.8) is 0 Å². The van der Waals surface area contributed by atoms with Gasteiger partial charge < -0.3 is 15.1 Å². The third-order valence-corrected chi connectivity index (χ3v) is 5.38. The molecule has 2 aliphatic rings. The van der Waals surface area contributed by atoms with Crippen LogP contribution >= 0.6 is 0 Å². The predicted octanol–water partition coefficient (Wildman–Crippen LogP) is 1.51. The van der Waals surface area contributed by atoms with E-state index in [4.69, 9.17) is 0 Å². The molecule has 0 aromatic heterocycles. The zero-order chi connectivity index (χ0) is 16.1. The number of rotatable bonds is 5. The van der Waals surface area contributed by atoms with Crippen LogP contribution in [0.1, 0.15) is 31.2 Å². The number of aryl methyl sites for hydroxylation is 1. The maximum absolute atomic E-state index is 10.5. The van der Waals surface area contributed by atoms with E-state index in [-0.39, 0.29) is 18.2 Å². The predicted molar refractivity (Wildman–Crippen MR) is 92.4 cm³/mol. The first-order chi connectivity index (χ1) is 11.2. The van der Waals surface area contributed by atoms with Gasteiger partial charge in [-0.2, -0.15) is 0 Å². The van der Waals surface area contributed by atoms with Crippen molar-refractivity contribution in [2.75, 3.05) is 32.7 Å². The van der Waals surface area contributed by atoms with E-state index < -0.39 is 0 Å². The van der Waals surface area contributed by atoms with Crippen LogP contribution < -0.4 is 0 Å². The van der Waals surface area contributed by atoms with E-state index in [9.17, 15) is 10.2 Å². The van der Waals surface area contributed by atoms with Crippen LogP contribution in [0, 0.1) is 0 Å². The molecule has 0 saturated carbocycles. The summed E-state index contributed by atoms with van der Waals surface area (Å²) in [7, 11) is 0. The van der Waals surface area contributed by atoms with Gasteiger partial charge >= 0.3 is 0 Å². The summed E-state index contributed by atoms with van der Waals surface area (Å²) in [6.45, 7) is 4.79. The second-order valence-electron chi connectivity index (χ2n) is 7.08. The second kappa shape index (κ2) is 8.25. The van der Waals surface area contributed by atoms with Crippen molar-refractivity contribution >= 4 is 0 Å². The Bertz CT molecular complexity index is 460. The lowest BCUT2D eigenvalue weighted by Gasteiger charge is -2.43. The normalized spacial score (nSPS) is 28.1. The van der Waals surface area contributed by atoms with Crippen LogP contribution in [0.5, 0.6) is 0 Å². The summed E-state index contributed by atoms with van der Waals surface area (Å²) in [6, 6.07) is 10.9. The van der Waals surface area contributed by atoms with Gasteiger partial charge in [-0.15, -0.1) is 0 Å². The maximum atomic E-state index is 10.5. The highest BCUT2D eigenvalue weighted by molar-refractivity contribution is 5.14. The molecule has 1 aromatic rings. The van der Waals surface area contributed by atoms with Crippen molar-refractivity contribution < 1.29 is 10.2 Å². The zero-order valence-electron chi connectivity index (χ0n) is 14.0. The molecule has 2 saturated heterocycles. The quantitative estimate of drug-likeness (QED) is 0.864. The van der Waals surface area contributed by atoms with Crippen molar-refractivity contribution in [2.45, 2.75) is 50.4 Å². The molecule has 3 rings (SSSR count). The van der Waals surface area contributed by atoms with Crippen molar-refractivity contribution in [1.29, 1.82) is 0 Å². The molecule has 0 amide bonds. The molecule has 0 unspecified atom stereocenters. The lowest BCUT2D eigenvalue weighted by molar-refractivity contribution is -0.0338. The molecule has 1 aromatic carbocycles. The van der Waals surface area contributed by atoms with Crippen LogP contribution in [0.2, 0.25) is 0 Å². The fourth-order valence-electron chi connectivity index (χ4n) is 3.98. The van der Waals surface area contributed by atoms with Crippen molar-refractivity contribution in [3.05, 3.63) is 35.9 Å². The number of hydrogen-bond donors (Lipinski definition) is 2. The van der Waals surface area contributed by atoms with Gasteiger partial charge in [-0.3, -0.25) is 4.90 Å². The Labute approximate surface area is 139 Å². The van der Waals surface area contributed by atoms with Gasteiger partial charge in [0.1, 0.15) is 0 Å². The largest absolute Gasteiger partial charge is 0.393 e. The number of piperidine rings is 2. The molecule has 0 spiro atoms. The number of aliphatic hydroxyl groups is 2. The molecular formula is C19H30N2O2. The van der Waals surface area contributed by atoms with Gasteiger partial charge in [0, 0.05) is 25.7 Å². The minimum Gasteiger partial charge on any atom is -0.393 e. The molecule has 0 radical (unpaired) electrons. The van der Waals surface area contributed by atoms with Gasteiger partial charge in [-0.1, -0.05) is 30.3 Å². The molecule has 2 atom stereocenters. The average Bonchev–Trinajstić information content (AvgIpc) is 2.57. The Hall–Kier alpha value is -0.940. The smallest absolute Gasteiger partial charge is 0.0822 e. The third kappa shape index (κ3) is 4.77. The zero-order valence-corrected chi connectivity index (χ0v) is 14.0. The average molecular weight is 318 g/mol. The van der Waals surface area contributed by atoms with Crippen LogP contribution in [0.3, 0.4) is 0 Å². The molecule has 23 heavy (non-hydrogen) atoms. The van der Waals surface area contributed by atoms with E-state index in [1.54, 1.807) is 0 Å². The number of hydrogen-bond acceptors (Lipinski definition) is 4. The van der Waals surface area contributed by atoms with Crippen molar-refractivity contribution in [3.8, 4) is 0 Å². The van der Waals surface area contributed by atoms with Crippen LogP contribution in [-0.2, 0) is 6.42 Å². The van der Waals surface area contributed by atoms with Crippen LogP contribution in [0.15, 0.2) is 30.3 Å². The third-order valence-electron chi connectivity index (χ3n) is 5.38. The molecule has 128 valence electrons. The molecule has 0 aliphatic carbocycles. The number of likely N-dealkylation sites (tertiary alicyclic amines) is 2. The van der Waals surface area contributed by atoms with E-state index in [0.717, 1.165) is 64.8 Å². The molecule has 2 N–H and O–H groups in total. The standard InChI is InChI=1S/C19H30N2O2/c22-17-8-13-21(14-9-17)18-10-12-20(15-19(18)23)11-4-7-16-5-2-1-3-6-16/h1-3,5-6,17-19,22-23H,4,7-15H2/t18-,19-/m1/s1. The van der Waals surface area contributed by atoms with Crippen LogP contribution in [0.4, 0.5) is 0 Å². The van der Waals surface area contributed by atoms with Crippen LogP contribution in [0.25, 0.3) is 0 Å². The first kappa shape index (κ1) is 16.9. The van der Waals surface area contributed by atoms with E-state index in [2.05, 4.69) is 40.1 Å². The highest BCUT2D eigenvalue weighted by atomic mass is 16.3. The molecule has 4 nitrogen and oxygen atoms in total. The number of β-amino-alcohol motifs (C(OH)–C–C–N with tert-alkyl or cyclic N) is 1. The minimum atomic E-state index is -0.254. The van der Waals surface area contributed by atoms with Gasteiger partial charge in [0.05, 0.1) is 12.2 Å². The fourth-order valence-corrected chi connectivity index (χ4v) is 3.98. The van der Waals surface area contributed by atoms with E-state index in [1.165, 1.54) is 5.56 Å². The summed E-state index contributed by atoms with van der Waals surface area (Å²) in [6.07, 6.45) is 4.62. The molecule has 2 aliphatic heterocycles. The van der Waals surface area contributed by atoms with E-state index >= 15 is 0 Å². The Balaban J connectivity index is 1.40. The van der Waals surface area contributed by atoms with Crippen molar-refractivity contribution in [2.24, 2.45) is 0 Å². The van der Waals surface area contributed by atoms with Gasteiger partial charge in [-0.05, 0) is 50.8 Å². The highest BCUT2D eigenvalue weighted by Gasteiger charge is 2.33. The summed E-state index contributed by atoms with van der Waals surface area (Å²) in [5.41, 5.74) is 1.40. The van der Waals surface area contributed by atoms with Crippen molar-refractivity contribution in [1.82, 2.24) is 9.80 Å². The molecule has 2 heterocycles. The number of benzene rings is 1. The molecule has 0 bridgehead atoms. The molecular weight excluding hydrogens is 288 g/mol. The van der Waals surface area contributed by atoms with Gasteiger partial charge in [-0.25, -0.2) is 0 Å². The first-order valence-electron chi connectivity index (χ1n) is 9.09. The Morgan fingerprint density at radius 3 is 2.39 bits per heavy atom. The monoisotopic (exact) mass is 318 g/mol. The summed E-state index contributed by atoms with van der Waals surface area (Å²) >= 11 is 0. The van der Waals surface area contributed by atoms with Gasteiger partial charge in [0.2, 0.25) is 0 Å². The fraction of sp³-hybridized carbons (Fsp3) is 0.684. The lowest BCUT2D eigenvalue weighted by Crippen LogP contribution is -2.56. The Morgan fingerprint density at radius 1 is 0.957 bits per heavy atom. The molecule has 2 fully saturated rings. The van der Waals surface area contributed by atoms with Crippen LogP contribution in [-0.4, -0.2) is 71.0 Å².